The van der Waals surface area contributed by atoms with E-state index in [0.29, 0.717) is 19.3 Å². The summed E-state index contributed by atoms with van der Waals surface area (Å²) in [6.45, 7) is 6.50. The van der Waals surface area contributed by atoms with Crippen molar-refractivity contribution in [3.63, 3.8) is 0 Å². The molecule has 0 aliphatic heterocycles. The molecule has 414 valence electrons. The van der Waals surface area contributed by atoms with Crippen LogP contribution in [0.15, 0.2) is 48.6 Å². The number of hydrogen-bond acceptors (Lipinski definition) is 6. The first-order chi connectivity index (χ1) is 35.0. The number of esters is 3. The van der Waals surface area contributed by atoms with Crippen molar-refractivity contribution in [1.29, 1.82) is 0 Å². The first-order valence-electron chi connectivity index (χ1n) is 31.1. The van der Waals surface area contributed by atoms with Crippen molar-refractivity contribution in [2.45, 2.75) is 335 Å². The van der Waals surface area contributed by atoms with E-state index in [9.17, 15) is 14.4 Å². The zero-order chi connectivity index (χ0) is 51.4. The van der Waals surface area contributed by atoms with Crippen molar-refractivity contribution < 1.29 is 28.6 Å². The third-order valence-electron chi connectivity index (χ3n) is 13.9. The van der Waals surface area contributed by atoms with Gasteiger partial charge in [-0.1, -0.05) is 313 Å². The zero-order valence-corrected chi connectivity index (χ0v) is 47.5. The molecule has 0 spiro atoms. The van der Waals surface area contributed by atoms with Gasteiger partial charge >= 0.3 is 17.9 Å². The summed E-state index contributed by atoms with van der Waals surface area (Å²) >= 11 is 0. The zero-order valence-electron chi connectivity index (χ0n) is 47.5. The second kappa shape index (κ2) is 59.9. The molecule has 1 atom stereocenters. The molecule has 0 radical (unpaired) electrons. The van der Waals surface area contributed by atoms with Crippen LogP contribution in [-0.4, -0.2) is 37.2 Å². The molecule has 0 saturated carbocycles. The van der Waals surface area contributed by atoms with Crippen LogP contribution in [0.4, 0.5) is 0 Å². The molecule has 0 heterocycles. The van der Waals surface area contributed by atoms with E-state index in [-0.39, 0.29) is 37.5 Å². The van der Waals surface area contributed by atoms with Gasteiger partial charge in [-0.3, -0.25) is 14.4 Å². The lowest BCUT2D eigenvalue weighted by atomic mass is 10.0. The topological polar surface area (TPSA) is 78.9 Å². The van der Waals surface area contributed by atoms with Crippen molar-refractivity contribution in [3.05, 3.63) is 48.6 Å². The lowest BCUT2D eigenvalue weighted by Crippen LogP contribution is -2.30. The van der Waals surface area contributed by atoms with Gasteiger partial charge in [0, 0.05) is 19.3 Å². The molecule has 0 aliphatic carbocycles. The van der Waals surface area contributed by atoms with Crippen LogP contribution in [0, 0.1) is 0 Å². The summed E-state index contributed by atoms with van der Waals surface area (Å²) in [4.78, 5) is 38.0. The van der Waals surface area contributed by atoms with Gasteiger partial charge in [0.15, 0.2) is 6.10 Å². The van der Waals surface area contributed by atoms with Crippen molar-refractivity contribution in [3.8, 4) is 0 Å². The summed E-state index contributed by atoms with van der Waals surface area (Å²) < 4.78 is 16.8. The molecule has 6 heteroatoms. The van der Waals surface area contributed by atoms with E-state index in [1.807, 2.05) is 6.08 Å². The fourth-order valence-electron chi connectivity index (χ4n) is 9.22. The molecule has 0 aliphatic rings. The van der Waals surface area contributed by atoms with Gasteiger partial charge in [0.25, 0.3) is 0 Å². The molecule has 1 unspecified atom stereocenters. The molecule has 0 saturated heterocycles. The smallest absolute Gasteiger partial charge is 0.306 e. The molecule has 6 nitrogen and oxygen atoms in total. The molecular formula is C65H118O6. The molecule has 0 aromatic carbocycles. The molecular weight excluding hydrogens is 877 g/mol. The molecule has 71 heavy (non-hydrogen) atoms. The molecule has 0 aromatic heterocycles. The van der Waals surface area contributed by atoms with Gasteiger partial charge < -0.3 is 14.2 Å². The van der Waals surface area contributed by atoms with Gasteiger partial charge in [0.2, 0.25) is 0 Å². The minimum absolute atomic E-state index is 0.0974. The maximum Gasteiger partial charge on any atom is 0.306 e. The minimum Gasteiger partial charge on any atom is -0.462 e. The van der Waals surface area contributed by atoms with E-state index in [2.05, 4.69) is 63.3 Å². The Labute approximate surface area is 441 Å². The van der Waals surface area contributed by atoms with Gasteiger partial charge in [0.05, 0.1) is 0 Å². The number of carbonyl (C=O) groups excluding carboxylic acids is 3. The van der Waals surface area contributed by atoms with Crippen molar-refractivity contribution in [2.24, 2.45) is 0 Å². The van der Waals surface area contributed by atoms with E-state index >= 15 is 0 Å². The molecule has 0 fully saturated rings. The standard InChI is InChI=1S/C65H118O6/c1-4-7-10-13-16-19-22-24-25-26-27-28-29-30-31-32-33-34-35-36-37-38-39-41-43-46-49-52-55-58-64(67)70-61-62(60-69-63(66)57-54-51-48-45-42-21-18-15-12-9-6-3)71-65(68)59-56-53-50-47-44-40-23-20-17-14-11-8-5-2/h8,11,17,20,40,44,50,53,62H,4-7,9-10,12-16,18-19,21-39,41-43,45-49,51-52,54-61H2,1-3H3/b11-8-,20-17-,44-40-,53-50-. The normalized spacial score (nSPS) is 12.3. The highest BCUT2D eigenvalue weighted by Gasteiger charge is 2.19. The summed E-state index contributed by atoms with van der Waals surface area (Å²) in [5, 5.41) is 0. The average Bonchev–Trinajstić information content (AvgIpc) is 3.37. The highest BCUT2D eigenvalue weighted by molar-refractivity contribution is 5.71. The Morgan fingerprint density at radius 3 is 0.831 bits per heavy atom. The molecule has 0 amide bonds. The Morgan fingerprint density at radius 2 is 0.549 bits per heavy atom. The fourth-order valence-corrected chi connectivity index (χ4v) is 9.22. The summed E-state index contributed by atoms with van der Waals surface area (Å²) in [6.07, 6.45) is 74.5. The number of rotatable bonds is 57. The highest BCUT2D eigenvalue weighted by atomic mass is 16.6. The molecule has 0 bridgehead atoms. The van der Waals surface area contributed by atoms with Gasteiger partial charge in [-0.15, -0.1) is 0 Å². The minimum atomic E-state index is -0.807. The van der Waals surface area contributed by atoms with Crippen LogP contribution < -0.4 is 0 Å². The van der Waals surface area contributed by atoms with Gasteiger partial charge in [0.1, 0.15) is 13.2 Å². The SMILES string of the molecule is CC/C=C\C/C=C\C/C=C\C/C=C\CCC(=O)OC(COC(=O)CCCCCCCCCCCCC)COC(=O)CCCCCCCCCCCCCCCCCCCCCCCCCCCCCCC. The Bertz CT molecular complexity index is 1230. The predicted octanol–water partition coefficient (Wildman–Crippen LogP) is 21.0. The lowest BCUT2D eigenvalue weighted by Gasteiger charge is -2.18. The van der Waals surface area contributed by atoms with Crippen molar-refractivity contribution >= 4 is 17.9 Å². The Morgan fingerprint density at radius 1 is 0.296 bits per heavy atom. The molecule has 0 N–H and O–H groups in total. The fraction of sp³-hybridized carbons (Fsp3) is 0.831. The number of unbranched alkanes of at least 4 members (excludes halogenated alkanes) is 38. The Hall–Kier alpha value is -2.63. The van der Waals surface area contributed by atoms with Crippen LogP contribution in [0.5, 0.6) is 0 Å². The van der Waals surface area contributed by atoms with Crippen LogP contribution in [0.1, 0.15) is 329 Å². The van der Waals surface area contributed by atoms with E-state index in [1.165, 1.54) is 218 Å². The van der Waals surface area contributed by atoms with Gasteiger partial charge in [-0.2, -0.15) is 0 Å². The predicted molar refractivity (Wildman–Crippen MR) is 307 cm³/mol. The van der Waals surface area contributed by atoms with Crippen LogP contribution in [0.2, 0.25) is 0 Å². The lowest BCUT2D eigenvalue weighted by molar-refractivity contribution is -0.166. The maximum atomic E-state index is 12.8. The van der Waals surface area contributed by atoms with Crippen LogP contribution >= 0.6 is 0 Å². The Kier molecular flexibility index (Phi) is 57.7. The first-order valence-corrected chi connectivity index (χ1v) is 31.1. The van der Waals surface area contributed by atoms with Crippen LogP contribution in [0.3, 0.4) is 0 Å². The number of hydrogen-bond donors (Lipinski definition) is 0. The quantitative estimate of drug-likeness (QED) is 0.0261. The van der Waals surface area contributed by atoms with E-state index in [0.717, 1.165) is 64.2 Å². The first kappa shape index (κ1) is 68.4. The largest absolute Gasteiger partial charge is 0.462 e. The number of ether oxygens (including phenoxy) is 3. The van der Waals surface area contributed by atoms with E-state index < -0.39 is 6.10 Å². The summed E-state index contributed by atoms with van der Waals surface area (Å²) in [6, 6.07) is 0. The van der Waals surface area contributed by atoms with Crippen LogP contribution in [-0.2, 0) is 28.6 Å². The second-order valence-corrected chi connectivity index (χ2v) is 21.0. The second-order valence-electron chi connectivity index (χ2n) is 21.0. The third kappa shape index (κ3) is 58.1. The Balaban J connectivity index is 4.12. The summed E-state index contributed by atoms with van der Waals surface area (Å²) in [5.74, 6) is -0.965. The van der Waals surface area contributed by atoms with Crippen molar-refractivity contribution in [2.75, 3.05) is 13.2 Å². The average molecular weight is 996 g/mol. The van der Waals surface area contributed by atoms with Gasteiger partial charge in [-0.05, 0) is 44.9 Å². The molecule has 0 rings (SSSR count). The third-order valence-corrected chi connectivity index (χ3v) is 13.9. The van der Waals surface area contributed by atoms with Crippen LogP contribution in [0.25, 0.3) is 0 Å². The van der Waals surface area contributed by atoms with E-state index in [1.54, 1.807) is 0 Å². The maximum absolute atomic E-state index is 12.8. The summed E-state index contributed by atoms with van der Waals surface area (Å²) in [5.41, 5.74) is 0. The highest BCUT2D eigenvalue weighted by Crippen LogP contribution is 2.18. The number of carbonyl (C=O) groups is 3. The molecule has 0 aromatic rings. The van der Waals surface area contributed by atoms with E-state index in [4.69, 9.17) is 14.2 Å². The van der Waals surface area contributed by atoms with Gasteiger partial charge in [-0.25, -0.2) is 0 Å². The monoisotopic (exact) mass is 995 g/mol. The number of allylic oxidation sites excluding steroid dienone is 8. The summed E-state index contributed by atoms with van der Waals surface area (Å²) in [7, 11) is 0. The van der Waals surface area contributed by atoms with Crippen molar-refractivity contribution in [1.82, 2.24) is 0 Å².